The number of hydrogen-bond donors (Lipinski definition) is 0. The largest absolute Gasteiger partial charge is 0.0533 e. The van der Waals surface area contributed by atoms with E-state index in [0.717, 1.165) is 11.8 Å². The van der Waals surface area contributed by atoms with Crippen molar-refractivity contribution >= 4 is 0 Å². The lowest BCUT2D eigenvalue weighted by Crippen LogP contribution is -2.05. The van der Waals surface area contributed by atoms with E-state index < -0.39 is 0 Å². The molecule has 16 heavy (non-hydrogen) atoms. The molecular formula is C16H29. The maximum absolute atomic E-state index is 2.64. The van der Waals surface area contributed by atoms with Crippen molar-refractivity contribution in [3.63, 3.8) is 0 Å². The van der Waals surface area contributed by atoms with Gasteiger partial charge in [-0.3, -0.25) is 0 Å². The minimum Gasteiger partial charge on any atom is -0.0533 e. The van der Waals surface area contributed by atoms with E-state index in [1.54, 1.807) is 0 Å². The molecule has 0 heterocycles. The molecule has 0 N–H and O–H groups in total. The molecule has 2 saturated carbocycles. The fourth-order valence-corrected chi connectivity index (χ4v) is 3.59. The normalized spacial score (nSPS) is 25.5. The van der Waals surface area contributed by atoms with Gasteiger partial charge in [0.15, 0.2) is 0 Å². The van der Waals surface area contributed by atoms with Crippen LogP contribution in [0.3, 0.4) is 0 Å². The van der Waals surface area contributed by atoms with E-state index >= 15 is 0 Å². The van der Waals surface area contributed by atoms with E-state index in [1.165, 1.54) is 83.5 Å². The summed E-state index contributed by atoms with van der Waals surface area (Å²) in [5.74, 6) is 2.11. The second-order valence-electron chi connectivity index (χ2n) is 6.12. The van der Waals surface area contributed by atoms with Crippen molar-refractivity contribution in [2.45, 2.75) is 83.5 Å². The van der Waals surface area contributed by atoms with Crippen LogP contribution >= 0.6 is 0 Å². The lowest BCUT2D eigenvalue weighted by molar-refractivity contribution is 0.366. The summed E-state index contributed by atoms with van der Waals surface area (Å²) in [5.41, 5.74) is 0. The lowest BCUT2D eigenvalue weighted by atomic mass is 9.86. The van der Waals surface area contributed by atoms with E-state index in [1.807, 2.05) is 0 Å². The molecule has 0 heteroatoms. The highest BCUT2D eigenvalue weighted by Gasteiger charge is 2.16. The number of rotatable bonds is 4. The SMILES string of the molecule is [CH](CC1CCCCCCC1)CC1CCCC1. The first-order valence-corrected chi connectivity index (χ1v) is 7.77. The Morgan fingerprint density at radius 3 is 1.44 bits per heavy atom. The van der Waals surface area contributed by atoms with Gasteiger partial charge in [0.25, 0.3) is 0 Å². The molecule has 0 saturated heterocycles. The summed E-state index contributed by atoms with van der Waals surface area (Å²) in [6, 6.07) is 0. The highest BCUT2D eigenvalue weighted by molar-refractivity contribution is 4.78. The van der Waals surface area contributed by atoms with E-state index in [-0.39, 0.29) is 0 Å². The Bertz CT molecular complexity index is 159. The summed E-state index contributed by atoms with van der Waals surface area (Å²) in [5, 5.41) is 0. The van der Waals surface area contributed by atoms with Gasteiger partial charge in [0.1, 0.15) is 0 Å². The standard InChI is InChI=1S/C16H29/c1-2-4-9-15(10-5-3-1)13-8-14-16-11-6-7-12-16/h8,15-16H,1-7,9-14H2. The first kappa shape index (κ1) is 12.5. The van der Waals surface area contributed by atoms with Gasteiger partial charge < -0.3 is 0 Å². The monoisotopic (exact) mass is 221 g/mol. The second-order valence-corrected chi connectivity index (χ2v) is 6.12. The van der Waals surface area contributed by atoms with Gasteiger partial charge >= 0.3 is 0 Å². The molecule has 93 valence electrons. The zero-order valence-electron chi connectivity index (χ0n) is 10.9. The predicted molar refractivity (Wildman–Crippen MR) is 71.3 cm³/mol. The fourth-order valence-electron chi connectivity index (χ4n) is 3.59. The van der Waals surface area contributed by atoms with Gasteiger partial charge in [0.05, 0.1) is 0 Å². The first-order chi connectivity index (χ1) is 7.95. The average Bonchev–Trinajstić information content (AvgIpc) is 2.73. The van der Waals surface area contributed by atoms with Gasteiger partial charge in [-0.15, -0.1) is 0 Å². The molecule has 0 spiro atoms. The van der Waals surface area contributed by atoms with Crippen molar-refractivity contribution in [2.24, 2.45) is 11.8 Å². The van der Waals surface area contributed by atoms with Gasteiger partial charge in [-0.1, -0.05) is 70.6 Å². The molecular weight excluding hydrogens is 192 g/mol. The Balaban J connectivity index is 1.56. The van der Waals surface area contributed by atoms with Crippen molar-refractivity contribution in [1.82, 2.24) is 0 Å². The fraction of sp³-hybridized carbons (Fsp3) is 0.938. The van der Waals surface area contributed by atoms with Crippen LogP contribution in [0.2, 0.25) is 0 Å². The number of hydrogen-bond acceptors (Lipinski definition) is 0. The summed E-state index contributed by atoms with van der Waals surface area (Å²) >= 11 is 0. The summed E-state index contributed by atoms with van der Waals surface area (Å²) in [4.78, 5) is 0. The summed E-state index contributed by atoms with van der Waals surface area (Å²) in [6.45, 7) is 0. The van der Waals surface area contributed by atoms with Crippen LogP contribution in [0.25, 0.3) is 0 Å². The van der Waals surface area contributed by atoms with Crippen molar-refractivity contribution in [2.75, 3.05) is 0 Å². The molecule has 0 aromatic carbocycles. The van der Waals surface area contributed by atoms with Crippen LogP contribution in [0, 0.1) is 18.3 Å². The summed E-state index contributed by atoms with van der Waals surface area (Å²) < 4.78 is 0. The van der Waals surface area contributed by atoms with E-state index in [4.69, 9.17) is 0 Å². The van der Waals surface area contributed by atoms with Crippen molar-refractivity contribution in [1.29, 1.82) is 0 Å². The minimum atomic E-state index is 1.04. The highest BCUT2D eigenvalue weighted by Crippen LogP contribution is 2.31. The lowest BCUT2D eigenvalue weighted by Gasteiger charge is -2.20. The Hall–Kier alpha value is 0. The molecule has 1 radical (unpaired) electrons. The maximum atomic E-state index is 2.64. The minimum absolute atomic E-state index is 1.04. The van der Waals surface area contributed by atoms with Crippen molar-refractivity contribution in [3.05, 3.63) is 6.42 Å². The topological polar surface area (TPSA) is 0 Å². The smallest absolute Gasteiger partial charge is 0.0380 e. The molecule has 2 rings (SSSR count). The second kappa shape index (κ2) is 7.35. The predicted octanol–water partition coefficient (Wildman–Crippen LogP) is 5.52. The third-order valence-corrected chi connectivity index (χ3v) is 4.70. The van der Waals surface area contributed by atoms with Gasteiger partial charge in [-0.2, -0.15) is 0 Å². The molecule has 0 aromatic rings. The van der Waals surface area contributed by atoms with Crippen LogP contribution in [0.5, 0.6) is 0 Å². The Labute approximate surface area is 102 Å². The molecule has 0 atom stereocenters. The third-order valence-electron chi connectivity index (χ3n) is 4.70. The molecule has 2 aliphatic carbocycles. The van der Waals surface area contributed by atoms with Crippen LogP contribution in [0.1, 0.15) is 83.5 Å². The van der Waals surface area contributed by atoms with E-state index in [9.17, 15) is 0 Å². The average molecular weight is 221 g/mol. The zero-order valence-corrected chi connectivity index (χ0v) is 10.9. The van der Waals surface area contributed by atoms with Gasteiger partial charge in [0, 0.05) is 0 Å². The Morgan fingerprint density at radius 1 is 0.562 bits per heavy atom. The molecule has 0 nitrogen and oxygen atoms in total. The van der Waals surface area contributed by atoms with Gasteiger partial charge in [0.2, 0.25) is 0 Å². The van der Waals surface area contributed by atoms with Gasteiger partial charge in [-0.05, 0) is 31.1 Å². The Kier molecular flexibility index (Phi) is 5.72. The zero-order chi connectivity index (χ0) is 11.1. The molecule has 0 unspecified atom stereocenters. The molecule has 0 aromatic heterocycles. The molecule has 0 aliphatic heterocycles. The summed E-state index contributed by atoms with van der Waals surface area (Å²) in [6.07, 6.45) is 22.1. The quantitative estimate of drug-likeness (QED) is 0.586. The van der Waals surface area contributed by atoms with Crippen LogP contribution < -0.4 is 0 Å². The van der Waals surface area contributed by atoms with E-state index in [0.29, 0.717) is 0 Å². The van der Waals surface area contributed by atoms with Crippen molar-refractivity contribution in [3.8, 4) is 0 Å². The molecule has 0 amide bonds. The first-order valence-electron chi connectivity index (χ1n) is 7.77. The van der Waals surface area contributed by atoms with E-state index in [2.05, 4.69) is 6.42 Å². The van der Waals surface area contributed by atoms with Gasteiger partial charge in [-0.25, -0.2) is 0 Å². The molecule has 0 bridgehead atoms. The highest BCUT2D eigenvalue weighted by atomic mass is 14.2. The summed E-state index contributed by atoms with van der Waals surface area (Å²) in [7, 11) is 0. The van der Waals surface area contributed by atoms with Crippen molar-refractivity contribution < 1.29 is 0 Å². The maximum Gasteiger partial charge on any atom is -0.0380 e. The van der Waals surface area contributed by atoms with Crippen LogP contribution in [-0.4, -0.2) is 0 Å². The third kappa shape index (κ3) is 4.47. The Morgan fingerprint density at radius 2 is 0.938 bits per heavy atom. The molecule has 2 fully saturated rings. The van der Waals surface area contributed by atoms with Crippen LogP contribution in [0.4, 0.5) is 0 Å². The van der Waals surface area contributed by atoms with Crippen LogP contribution in [-0.2, 0) is 0 Å². The molecule has 2 aliphatic rings. The van der Waals surface area contributed by atoms with Crippen LogP contribution in [0.15, 0.2) is 0 Å².